The van der Waals surface area contributed by atoms with E-state index in [9.17, 15) is 18.4 Å². The molecular formula is C14H10F2N2O3. The van der Waals surface area contributed by atoms with Gasteiger partial charge in [-0.3, -0.25) is 4.79 Å². The van der Waals surface area contributed by atoms with E-state index in [1.54, 1.807) is 0 Å². The van der Waals surface area contributed by atoms with Crippen LogP contribution in [0.25, 0.3) is 0 Å². The number of hydrogen-bond acceptors (Lipinski definition) is 3. The second-order valence-corrected chi connectivity index (χ2v) is 4.18. The topological polar surface area (TPSA) is 70.5 Å². The summed E-state index contributed by atoms with van der Waals surface area (Å²) in [5.41, 5.74) is -0.0466. The molecule has 0 unspecified atom stereocenters. The van der Waals surface area contributed by atoms with Gasteiger partial charge in [0.2, 0.25) is 5.95 Å². The van der Waals surface area contributed by atoms with E-state index >= 15 is 0 Å². The number of amides is 1. The number of aromatic nitrogens is 1. The van der Waals surface area contributed by atoms with Crippen molar-refractivity contribution in [1.29, 1.82) is 0 Å². The van der Waals surface area contributed by atoms with Crippen LogP contribution in [-0.2, 0) is 0 Å². The van der Waals surface area contributed by atoms with Crippen LogP contribution in [0.5, 0.6) is 0 Å². The van der Waals surface area contributed by atoms with E-state index < -0.39 is 29.2 Å². The molecule has 1 aromatic carbocycles. The summed E-state index contributed by atoms with van der Waals surface area (Å²) in [5.74, 6) is -4.54. The smallest absolute Gasteiger partial charge is 0.335 e. The highest BCUT2D eigenvalue weighted by Gasteiger charge is 2.20. The molecular weight excluding hydrogens is 282 g/mol. The Morgan fingerprint density at radius 1 is 1.14 bits per heavy atom. The molecule has 0 radical (unpaired) electrons. The average Bonchev–Trinajstić information content (AvgIpc) is 2.48. The summed E-state index contributed by atoms with van der Waals surface area (Å²) in [6.07, 6.45) is 0.993. The highest BCUT2D eigenvalue weighted by molar-refractivity contribution is 6.06. The zero-order valence-electron chi connectivity index (χ0n) is 10.9. The SMILES string of the molecule is CN(C(=O)c1ccnc(F)c1F)c1ccc(C(=O)O)cc1. The van der Waals surface area contributed by atoms with Crippen LogP contribution in [-0.4, -0.2) is 29.0 Å². The van der Waals surface area contributed by atoms with Crippen LogP contribution in [0, 0.1) is 11.8 Å². The molecule has 0 spiro atoms. The zero-order valence-corrected chi connectivity index (χ0v) is 10.9. The average molecular weight is 292 g/mol. The van der Waals surface area contributed by atoms with Crippen LogP contribution < -0.4 is 4.90 Å². The Morgan fingerprint density at radius 3 is 2.33 bits per heavy atom. The lowest BCUT2D eigenvalue weighted by atomic mass is 10.1. The number of rotatable bonds is 3. The Kier molecular flexibility index (Phi) is 3.93. The van der Waals surface area contributed by atoms with E-state index in [1.165, 1.54) is 31.3 Å². The molecule has 21 heavy (non-hydrogen) atoms. The number of aromatic carboxylic acids is 1. The highest BCUT2D eigenvalue weighted by Crippen LogP contribution is 2.18. The van der Waals surface area contributed by atoms with Crippen LogP contribution in [0.1, 0.15) is 20.7 Å². The third-order valence-electron chi connectivity index (χ3n) is 2.88. The van der Waals surface area contributed by atoms with Crippen molar-refractivity contribution in [2.45, 2.75) is 0 Å². The van der Waals surface area contributed by atoms with Crippen molar-refractivity contribution < 1.29 is 23.5 Å². The van der Waals surface area contributed by atoms with Gasteiger partial charge in [0.25, 0.3) is 5.91 Å². The van der Waals surface area contributed by atoms with E-state index in [4.69, 9.17) is 5.11 Å². The van der Waals surface area contributed by atoms with Gasteiger partial charge in [0.05, 0.1) is 11.1 Å². The van der Waals surface area contributed by atoms with Gasteiger partial charge < -0.3 is 10.0 Å². The number of hydrogen-bond donors (Lipinski definition) is 1. The first-order chi connectivity index (χ1) is 9.91. The molecule has 0 bridgehead atoms. The van der Waals surface area contributed by atoms with Gasteiger partial charge in [0, 0.05) is 18.9 Å². The Labute approximate surface area is 118 Å². The van der Waals surface area contributed by atoms with Crippen LogP contribution in [0.15, 0.2) is 36.5 Å². The molecule has 2 rings (SSSR count). The lowest BCUT2D eigenvalue weighted by molar-refractivity contribution is 0.0696. The first-order valence-corrected chi connectivity index (χ1v) is 5.83. The van der Waals surface area contributed by atoms with Crippen LogP contribution in [0.4, 0.5) is 14.5 Å². The number of carboxylic acids is 1. The van der Waals surface area contributed by atoms with Crippen molar-refractivity contribution in [3.05, 3.63) is 59.4 Å². The Balaban J connectivity index is 2.30. The number of carboxylic acid groups (broad SMARTS) is 1. The van der Waals surface area contributed by atoms with Crippen molar-refractivity contribution in [2.75, 3.05) is 11.9 Å². The molecule has 1 N–H and O–H groups in total. The number of carbonyl (C=O) groups excluding carboxylic acids is 1. The van der Waals surface area contributed by atoms with Gasteiger partial charge in [0.15, 0.2) is 5.82 Å². The second-order valence-electron chi connectivity index (χ2n) is 4.18. The first kappa shape index (κ1) is 14.6. The molecule has 0 aliphatic carbocycles. The number of halogens is 2. The molecule has 1 aromatic heterocycles. The molecule has 0 atom stereocenters. The van der Waals surface area contributed by atoms with Gasteiger partial charge in [-0.05, 0) is 30.3 Å². The van der Waals surface area contributed by atoms with Gasteiger partial charge in [-0.2, -0.15) is 4.39 Å². The molecule has 1 amide bonds. The maximum Gasteiger partial charge on any atom is 0.335 e. The lowest BCUT2D eigenvalue weighted by Gasteiger charge is -2.17. The highest BCUT2D eigenvalue weighted by atomic mass is 19.2. The van der Waals surface area contributed by atoms with Gasteiger partial charge >= 0.3 is 5.97 Å². The van der Waals surface area contributed by atoms with Crippen molar-refractivity contribution in [3.63, 3.8) is 0 Å². The molecule has 2 aromatic rings. The number of nitrogens with zero attached hydrogens (tertiary/aromatic N) is 2. The molecule has 108 valence electrons. The summed E-state index contributed by atoms with van der Waals surface area (Å²) < 4.78 is 26.6. The maximum absolute atomic E-state index is 13.5. The molecule has 0 aliphatic rings. The summed E-state index contributed by atoms with van der Waals surface area (Å²) in [6.45, 7) is 0. The largest absolute Gasteiger partial charge is 0.478 e. The van der Waals surface area contributed by atoms with Crippen molar-refractivity contribution in [1.82, 2.24) is 4.98 Å². The molecule has 0 fully saturated rings. The summed E-state index contributed by atoms with van der Waals surface area (Å²) in [6, 6.07) is 6.49. The molecule has 0 saturated carbocycles. The Bertz CT molecular complexity index is 702. The van der Waals surface area contributed by atoms with E-state index in [-0.39, 0.29) is 5.56 Å². The van der Waals surface area contributed by atoms with E-state index in [1.807, 2.05) is 0 Å². The van der Waals surface area contributed by atoms with Crippen LogP contribution in [0.3, 0.4) is 0 Å². The minimum atomic E-state index is -1.35. The maximum atomic E-state index is 13.5. The third kappa shape index (κ3) is 2.86. The lowest BCUT2D eigenvalue weighted by Crippen LogP contribution is -2.27. The summed E-state index contributed by atoms with van der Waals surface area (Å²) in [7, 11) is 1.37. The fourth-order valence-electron chi connectivity index (χ4n) is 1.71. The van der Waals surface area contributed by atoms with Crippen molar-refractivity contribution in [2.24, 2.45) is 0 Å². The molecule has 5 nitrogen and oxygen atoms in total. The molecule has 1 heterocycles. The number of pyridine rings is 1. The Morgan fingerprint density at radius 2 is 1.76 bits per heavy atom. The van der Waals surface area contributed by atoms with Gasteiger partial charge in [-0.15, -0.1) is 0 Å². The van der Waals surface area contributed by atoms with Crippen molar-refractivity contribution in [3.8, 4) is 0 Å². The first-order valence-electron chi connectivity index (χ1n) is 5.83. The summed E-state index contributed by atoms with van der Waals surface area (Å²) in [4.78, 5) is 27.0. The minimum Gasteiger partial charge on any atom is -0.478 e. The Hall–Kier alpha value is -2.83. The molecule has 0 aliphatic heterocycles. The fourth-order valence-corrected chi connectivity index (χ4v) is 1.71. The summed E-state index contributed by atoms with van der Waals surface area (Å²) in [5, 5.41) is 8.79. The van der Waals surface area contributed by atoms with Crippen molar-refractivity contribution >= 4 is 17.6 Å². The zero-order chi connectivity index (χ0) is 15.6. The number of carbonyl (C=O) groups is 2. The summed E-state index contributed by atoms with van der Waals surface area (Å²) >= 11 is 0. The van der Waals surface area contributed by atoms with E-state index in [0.717, 1.165) is 17.2 Å². The van der Waals surface area contributed by atoms with Crippen LogP contribution >= 0.6 is 0 Å². The second kappa shape index (κ2) is 5.66. The quantitative estimate of drug-likeness (QED) is 0.881. The predicted molar refractivity (Wildman–Crippen MR) is 70.3 cm³/mol. The molecule has 7 heteroatoms. The number of anilines is 1. The minimum absolute atomic E-state index is 0.0562. The third-order valence-corrected chi connectivity index (χ3v) is 2.88. The van der Waals surface area contributed by atoms with E-state index in [2.05, 4.69) is 4.98 Å². The normalized spacial score (nSPS) is 10.2. The predicted octanol–water partition coefficient (Wildman–Crippen LogP) is 2.33. The standard InChI is InChI=1S/C14H10F2N2O3/c1-18(9-4-2-8(3-5-9)14(20)21)13(19)10-6-7-17-12(16)11(10)15/h2-7H,1H3,(H,20,21). The fraction of sp³-hybridized carbons (Fsp3) is 0.0714. The monoisotopic (exact) mass is 292 g/mol. The number of benzene rings is 1. The van der Waals surface area contributed by atoms with Crippen LogP contribution in [0.2, 0.25) is 0 Å². The van der Waals surface area contributed by atoms with Gasteiger partial charge in [0.1, 0.15) is 0 Å². The van der Waals surface area contributed by atoms with Gasteiger partial charge in [-0.25, -0.2) is 14.2 Å². The van der Waals surface area contributed by atoms with E-state index in [0.29, 0.717) is 5.69 Å². The van der Waals surface area contributed by atoms with Gasteiger partial charge in [-0.1, -0.05) is 0 Å². The molecule has 0 saturated heterocycles.